The predicted molar refractivity (Wildman–Crippen MR) is 170 cm³/mol. The zero-order valence-electron chi connectivity index (χ0n) is 25.1. The van der Waals surface area contributed by atoms with Crippen molar-refractivity contribution in [3.63, 3.8) is 0 Å². The number of methoxy groups -OCH3 is 1. The number of benzene rings is 4. The number of nitrogens with zero attached hydrogens (tertiary/aromatic N) is 2. The molecular weight excluding hydrogens is 578 g/mol. The Bertz CT molecular complexity index is 1800. The average Bonchev–Trinajstić information content (AvgIpc) is 3.48. The van der Waals surface area contributed by atoms with Crippen LogP contribution in [0.25, 0.3) is 11.1 Å². The lowest BCUT2D eigenvalue weighted by Gasteiger charge is -2.18. The molecule has 10 heteroatoms. The minimum atomic E-state index is -4.08. The third-order valence-corrected chi connectivity index (χ3v) is 8.79. The van der Waals surface area contributed by atoms with Crippen LogP contribution in [-0.2, 0) is 10.0 Å². The number of anilines is 1. The Balaban J connectivity index is 1.31. The summed E-state index contributed by atoms with van der Waals surface area (Å²) >= 11 is 0. The number of ether oxygens (including phenoxy) is 2. The predicted octanol–water partition coefficient (Wildman–Crippen LogP) is 5.47. The summed E-state index contributed by atoms with van der Waals surface area (Å²) in [7, 11) is 0.678. The number of rotatable bonds is 9. The summed E-state index contributed by atoms with van der Waals surface area (Å²) in [5.74, 6) is 0.482. The minimum Gasteiger partial charge on any atom is -0.495 e. The Labute approximate surface area is 258 Å². The van der Waals surface area contributed by atoms with E-state index in [1.165, 1.54) is 18.1 Å². The zero-order chi connectivity index (χ0) is 31.4. The summed E-state index contributed by atoms with van der Waals surface area (Å²) in [6.45, 7) is 2.97. The van der Waals surface area contributed by atoms with Crippen LogP contribution in [0.2, 0.25) is 0 Å². The normalized spacial score (nSPS) is 14.6. The summed E-state index contributed by atoms with van der Waals surface area (Å²) in [6.07, 6.45) is 0.446. The van der Waals surface area contributed by atoms with Gasteiger partial charge in [-0.15, -0.1) is 0 Å². The molecule has 1 saturated heterocycles. The molecule has 228 valence electrons. The van der Waals surface area contributed by atoms with E-state index in [-0.39, 0.29) is 28.6 Å². The second-order valence-corrected chi connectivity index (χ2v) is 12.6. The first-order valence-electron chi connectivity index (χ1n) is 14.2. The van der Waals surface area contributed by atoms with E-state index >= 15 is 0 Å². The summed E-state index contributed by atoms with van der Waals surface area (Å²) in [4.78, 5) is 28.6. The monoisotopic (exact) mass is 613 g/mol. The lowest BCUT2D eigenvalue weighted by atomic mass is 10.0. The van der Waals surface area contributed by atoms with Crippen molar-refractivity contribution < 1.29 is 27.5 Å². The van der Waals surface area contributed by atoms with Crippen molar-refractivity contribution in [1.29, 1.82) is 0 Å². The highest BCUT2D eigenvalue weighted by Gasteiger charge is 2.29. The molecule has 44 heavy (non-hydrogen) atoms. The molecule has 1 fully saturated rings. The highest BCUT2D eigenvalue weighted by Crippen LogP contribution is 2.32. The van der Waals surface area contributed by atoms with Gasteiger partial charge in [-0.1, -0.05) is 42.0 Å². The van der Waals surface area contributed by atoms with Crippen LogP contribution in [0.5, 0.6) is 11.5 Å². The van der Waals surface area contributed by atoms with Gasteiger partial charge in [0.15, 0.2) is 0 Å². The highest BCUT2D eigenvalue weighted by molar-refractivity contribution is 7.92. The topological polar surface area (TPSA) is 105 Å². The molecule has 2 amide bonds. The zero-order valence-corrected chi connectivity index (χ0v) is 25.9. The molecule has 0 saturated carbocycles. The van der Waals surface area contributed by atoms with Gasteiger partial charge in [-0.2, -0.15) is 0 Å². The smallest absolute Gasteiger partial charge is 0.265 e. The molecule has 1 N–H and O–H groups in total. The number of aryl methyl sites for hydroxylation is 1. The Morgan fingerprint density at radius 2 is 1.61 bits per heavy atom. The van der Waals surface area contributed by atoms with Crippen molar-refractivity contribution in [2.24, 2.45) is 0 Å². The fourth-order valence-corrected chi connectivity index (χ4v) is 6.41. The minimum absolute atomic E-state index is 0.0338. The largest absolute Gasteiger partial charge is 0.495 e. The third kappa shape index (κ3) is 6.86. The van der Waals surface area contributed by atoms with E-state index in [2.05, 4.69) is 4.72 Å². The maximum atomic E-state index is 13.6. The van der Waals surface area contributed by atoms with Gasteiger partial charge >= 0.3 is 0 Å². The summed E-state index contributed by atoms with van der Waals surface area (Å²) in [5, 5.41) is 0. The summed E-state index contributed by atoms with van der Waals surface area (Å²) in [5.41, 5.74) is 3.79. The first kappa shape index (κ1) is 30.6. The van der Waals surface area contributed by atoms with Gasteiger partial charge in [0.2, 0.25) is 0 Å². The summed E-state index contributed by atoms with van der Waals surface area (Å²) in [6, 6.07) is 26.1. The van der Waals surface area contributed by atoms with Crippen molar-refractivity contribution in [3.05, 3.63) is 108 Å². The summed E-state index contributed by atoms with van der Waals surface area (Å²) < 4.78 is 41.4. The maximum Gasteiger partial charge on any atom is 0.265 e. The van der Waals surface area contributed by atoms with Crippen LogP contribution < -0.4 is 14.2 Å². The first-order chi connectivity index (χ1) is 21.0. The number of carbonyl (C=O) groups excluding carboxylic acids is 2. The number of nitrogens with one attached hydrogen (secondary N) is 1. The van der Waals surface area contributed by atoms with Gasteiger partial charge in [-0.3, -0.25) is 14.3 Å². The lowest BCUT2D eigenvalue weighted by molar-refractivity contribution is 0.0771. The molecule has 0 aromatic heterocycles. The third-order valence-electron chi connectivity index (χ3n) is 7.39. The highest BCUT2D eigenvalue weighted by atomic mass is 32.2. The lowest BCUT2D eigenvalue weighted by Crippen LogP contribution is -2.31. The van der Waals surface area contributed by atoms with E-state index in [0.717, 1.165) is 5.56 Å². The van der Waals surface area contributed by atoms with Crippen LogP contribution in [-0.4, -0.2) is 70.4 Å². The van der Waals surface area contributed by atoms with Gasteiger partial charge in [-0.05, 0) is 66.6 Å². The molecule has 4 aromatic carbocycles. The van der Waals surface area contributed by atoms with E-state index in [0.29, 0.717) is 53.2 Å². The van der Waals surface area contributed by atoms with Gasteiger partial charge in [0.25, 0.3) is 21.8 Å². The van der Waals surface area contributed by atoms with Gasteiger partial charge in [0, 0.05) is 44.3 Å². The maximum absolute atomic E-state index is 13.6. The number of hydrogen-bond donors (Lipinski definition) is 1. The van der Waals surface area contributed by atoms with Crippen LogP contribution >= 0.6 is 0 Å². The molecular formula is C34H35N3O6S. The number of carbonyl (C=O) groups is 2. The Hall–Kier alpha value is -4.83. The fourth-order valence-electron chi connectivity index (χ4n) is 5.16. The molecule has 0 radical (unpaired) electrons. The van der Waals surface area contributed by atoms with E-state index in [9.17, 15) is 18.0 Å². The van der Waals surface area contributed by atoms with Crippen LogP contribution in [0, 0.1) is 6.92 Å². The van der Waals surface area contributed by atoms with E-state index < -0.39 is 10.0 Å². The SMILES string of the molecule is COc1ccc(-c2cccc(C(=O)N(C)C)c2)cc1S(=O)(=O)Nc1cccc(O[C@@H]2CCN(C(=O)c3cccc(C)c3)C2)c1. The Kier molecular flexibility index (Phi) is 8.91. The number of likely N-dealkylation sites (tertiary alicyclic amines) is 1. The van der Waals surface area contributed by atoms with Crippen molar-refractivity contribution in [2.75, 3.05) is 39.0 Å². The molecule has 1 aliphatic rings. The molecule has 0 bridgehead atoms. The van der Waals surface area contributed by atoms with Gasteiger partial charge in [0.05, 0.1) is 19.3 Å². The molecule has 1 atom stereocenters. The van der Waals surface area contributed by atoms with Crippen LogP contribution in [0.3, 0.4) is 0 Å². The van der Waals surface area contributed by atoms with E-state index in [4.69, 9.17) is 9.47 Å². The number of amides is 2. The van der Waals surface area contributed by atoms with Crippen LogP contribution in [0.1, 0.15) is 32.7 Å². The van der Waals surface area contributed by atoms with E-state index in [1.807, 2.05) is 37.3 Å². The second kappa shape index (κ2) is 12.8. The molecule has 1 aliphatic heterocycles. The standard InChI is InChI=1S/C34H35N3O6S/c1-23-8-5-10-26(18-23)34(39)37-17-16-30(22-37)43-29-13-7-12-28(21-29)35-44(40,41)32-20-25(14-15-31(32)42-4)24-9-6-11-27(19-24)33(38)36(2)3/h5-15,18-21,30,35H,16-17,22H2,1-4H3/t30-/m1/s1. The Morgan fingerprint density at radius 1 is 0.886 bits per heavy atom. The van der Waals surface area contributed by atoms with E-state index in [1.54, 1.807) is 73.6 Å². The quantitative estimate of drug-likeness (QED) is 0.269. The van der Waals surface area contributed by atoms with Crippen molar-refractivity contribution in [2.45, 2.75) is 24.3 Å². The second-order valence-electron chi connectivity index (χ2n) is 10.9. The molecule has 1 heterocycles. The molecule has 5 rings (SSSR count). The average molecular weight is 614 g/mol. The Morgan fingerprint density at radius 3 is 2.36 bits per heavy atom. The first-order valence-corrected chi connectivity index (χ1v) is 15.7. The van der Waals surface area contributed by atoms with Gasteiger partial charge in [-0.25, -0.2) is 8.42 Å². The van der Waals surface area contributed by atoms with Gasteiger partial charge in [0.1, 0.15) is 22.5 Å². The van der Waals surface area contributed by atoms with Crippen molar-refractivity contribution in [1.82, 2.24) is 9.80 Å². The van der Waals surface area contributed by atoms with Crippen molar-refractivity contribution in [3.8, 4) is 22.6 Å². The molecule has 0 unspecified atom stereocenters. The van der Waals surface area contributed by atoms with Crippen molar-refractivity contribution >= 4 is 27.5 Å². The van der Waals surface area contributed by atoms with Crippen LogP contribution in [0.4, 0.5) is 5.69 Å². The van der Waals surface area contributed by atoms with Gasteiger partial charge < -0.3 is 19.3 Å². The number of hydrogen-bond acceptors (Lipinski definition) is 6. The molecule has 0 spiro atoms. The molecule has 0 aliphatic carbocycles. The molecule has 4 aromatic rings. The van der Waals surface area contributed by atoms with Crippen LogP contribution in [0.15, 0.2) is 95.9 Å². The molecule has 9 nitrogen and oxygen atoms in total. The fraction of sp³-hybridized carbons (Fsp3) is 0.235. The number of sulfonamides is 1.